The molecule has 1 aromatic heterocycles. The van der Waals surface area contributed by atoms with Gasteiger partial charge in [0.2, 0.25) is 5.95 Å². The quantitative estimate of drug-likeness (QED) is 0.720. The molecule has 0 aliphatic heterocycles. The number of benzene rings is 2. The van der Waals surface area contributed by atoms with Gasteiger partial charge >= 0.3 is 0 Å². The Morgan fingerprint density at radius 3 is 2.50 bits per heavy atom. The van der Waals surface area contributed by atoms with Gasteiger partial charge in [0.1, 0.15) is 6.07 Å². The van der Waals surface area contributed by atoms with Gasteiger partial charge in [-0.15, -0.1) is 0 Å². The lowest BCUT2D eigenvalue weighted by molar-refractivity contribution is 0.102. The maximum atomic E-state index is 12.3. The Hall–Kier alpha value is -3.43. The molecule has 7 heteroatoms. The van der Waals surface area contributed by atoms with Crippen LogP contribution in [0.1, 0.15) is 21.5 Å². The zero-order chi connectivity index (χ0) is 18.5. The van der Waals surface area contributed by atoms with Crippen LogP contribution in [0.4, 0.5) is 17.3 Å². The van der Waals surface area contributed by atoms with Gasteiger partial charge in [0.25, 0.3) is 5.91 Å². The number of amides is 1. The molecule has 0 fully saturated rings. The summed E-state index contributed by atoms with van der Waals surface area (Å²) in [7, 11) is 0. The van der Waals surface area contributed by atoms with E-state index in [1.54, 1.807) is 42.5 Å². The summed E-state index contributed by atoms with van der Waals surface area (Å²) in [4.78, 5) is 20.6. The lowest BCUT2D eigenvalue weighted by Gasteiger charge is -2.10. The Morgan fingerprint density at radius 1 is 1.08 bits per heavy atom. The molecule has 3 rings (SSSR count). The SMILES string of the molecule is Cc1c(Cl)cccc1NC(=O)c1cnc(Nc2ccccc2C#N)nc1. The van der Waals surface area contributed by atoms with Crippen molar-refractivity contribution in [3.8, 4) is 6.07 Å². The van der Waals surface area contributed by atoms with Gasteiger partial charge in [-0.1, -0.05) is 29.8 Å². The van der Waals surface area contributed by atoms with Crippen molar-refractivity contribution in [2.45, 2.75) is 6.92 Å². The van der Waals surface area contributed by atoms with Gasteiger partial charge in [-0.05, 0) is 36.8 Å². The Morgan fingerprint density at radius 2 is 1.77 bits per heavy atom. The first kappa shape index (κ1) is 17.4. The van der Waals surface area contributed by atoms with Crippen LogP contribution in [0.15, 0.2) is 54.9 Å². The topological polar surface area (TPSA) is 90.7 Å². The Bertz CT molecular complexity index is 996. The van der Waals surface area contributed by atoms with Crippen LogP contribution in [-0.4, -0.2) is 15.9 Å². The summed E-state index contributed by atoms with van der Waals surface area (Å²) in [5.74, 6) is -0.0393. The number of aromatic nitrogens is 2. The number of halogens is 1. The molecule has 6 nitrogen and oxygen atoms in total. The van der Waals surface area contributed by atoms with Gasteiger partial charge < -0.3 is 10.6 Å². The van der Waals surface area contributed by atoms with Gasteiger partial charge in [0.05, 0.1) is 16.8 Å². The van der Waals surface area contributed by atoms with Gasteiger partial charge in [0.15, 0.2) is 0 Å². The van der Waals surface area contributed by atoms with Crippen molar-refractivity contribution in [2.24, 2.45) is 0 Å². The van der Waals surface area contributed by atoms with Crippen molar-refractivity contribution in [2.75, 3.05) is 10.6 Å². The van der Waals surface area contributed by atoms with E-state index in [0.29, 0.717) is 33.5 Å². The molecule has 0 bridgehead atoms. The molecule has 3 aromatic rings. The molecule has 128 valence electrons. The van der Waals surface area contributed by atoms with Gasteiger partial charge in [0, 0.05) is 23.1 Å². The lowest BCUT2D eigenvalue weighted by atomic mass is 10.2. The molecule has 1 amide bonds. The average molecular weight is 364 g/mol. The van der Waals surface area contributed by atoms with E-state index in [1.807, 2.05) is 6.92 Å². The molecule has 2 aromatic carbocycles. The second-order valence-corrected chi connectivity index (χ2v) is 5.85. The summed E-state index contributed by atoms with van der Waals surface area (Å²) < 4.78 is 0. The van der Waals surface area contributed by atoms with E-state index in [0.717, 1.165) is 5.56 Å². The third kappa shape index (κ3) is 3.79. The monoisotopic (exact) mass is 363 g/mol. The summed E-state index contributed by atoms with van der Waals surface area (Å²) in [5, 5.41) is 15.4. The van der Waals surface area contributed by atoms with Crippen LogP contribution in [0.25, 0.3) is 0 Å². The van der Waals surface area contributed by atoms with Crippen molar-refractivity contribution in [3.63, 3.8) is 0 Å². The molecule has 0 unspecified atom stereocenters. The van der Waals surface area contributed by atoms with Crippen molar-refractivity contribution in [1.82, 2.24) is 9.97 Å². The predicted molar refractivity (Wildman–Crippen MR) is 101 cm³/mol. The van der Waals surface area contributed by atoms with E-state index in [9.17, 15) is 4.79 Å². The minimum absolute atomic E-state index is 0.295. The van der Waals surface area contributed by atoms with Crippen LogP contribution in [0.2, 0.25) is 5.02 Å². The van der Waals surface area contributed by atoms with E-state index in [2.05, 4.69) is 26.7 Å². The number of rotatable bonds is 4. The highest BCUT2D eigenvalue weighted by atomic mass is 35.5. The van der Waals surface area contributed by atoms with Crippen LogP contribution in [0, 0.1) is 18.3 Å². The Balaban J connectivity index is 1.74. The maximum absolute atomic E-state index is 12.3. The van der Waals surface area contributed by atoms with E-state index < -0.39 is 0 Å². The smallest absolute Gasteiger partial charge is 0.258 e. The van der Waals surface area contributed by atoms with Crippen molar-refractivity contribution in [3.05, 3.63) is 76.6 Å². The molecular formula is C19H14ClN5O. The van der Waals surface area contributed by atoms with Gasteiger partial charge in [-0.25, -0.2) is 9.97 Å². The fourth-order valence-corrected chi connectivity index (χ4v) is 2.43. The minimum Gasteiger partial charge on any atom is -0.323 e. The average Bonchev–Trinajstić information content (AvgIpc) is 2.66. The van der Waals surface area contributed by atoms with Crippen LogP contribution in [0.5, 0.6) is 0 Å². The van der Waals surface area contributed by atoms with E-state index in [-0.39, 0.29) is 5.91 Å². The number of para-hydroxylation sites is 1. The first-order chi connectivity index (χ1) is 12.6. The number of anilines is 3. The highest BCUT2D eigenvalue weighted by Crippen LogP contribution is 2.23. The first-order valence-corrected chi connectivity index (χ1v) is 8.11. The summed E-state index contributed by atoms with van der Waals surface area (Å²) in [6.07, 6.45) is 2.83. The maximum Gasteiger partial charge on any atom is 0.258 e. The predicted octanol–water partition coefficient (Wildman–Crippen LogP) is 4.31. The molecule has 0 radical (unpaired) electrons. The molecule has 0 aliphatic carbocycles. The van der Waals surface area contributed by atoms with Crippen molar-refractivity contribution in [1.29, 1.82) is 5.26 Å². The highest BCUT2D eigenvalue weighted by Gasteiger charge is 2.11. The second kappa shape index (κ2) is 7.64. The van der Waals surface area contributed by atoms with Crippen molar-refractivity contribution < 1.29 is 4.79 Å². The molecule has 0 saturated heterocycles. The minimum atomic E-state index is -0.334. The molecule has 0 saturated carbocycles. The fraction of sp³-hybridized carbons (Fsp3) is 0.0526. The lowest BCUT2D eigenvalue weighted by Crippen LogP contribution is -2.14. The van der Waals surface area contributed by atoms with Crippen LogP contribution in [0.3, 0.4) is 0 Å². The first-order valence-electron chi connectivity index (χ1n) is 7.73. The summed E-state index contributed by atoms with van der Waals surface area (Å²) in [6.45, 7) is 1.83. The zero-order valence-corrected chi connectivity index (χ0v) is 14.6. The van der Waals surface area contributed by atoms with E-state index in [4.69, 9.17) is 16.9 Å². The molecule has 26 heavy (non-hydrogen) atoms. The number of carbonyl (C=O) groups excluding carboxylic acids is 1. The third-order valence-electron chi connectivity index (χ3n) is 3.72. The molecule has 0 aliphatic rings. The number of hydrogen-bond donors (Lipinski definition) is 2. The standard InChI is InChI=1S/C19H14ClN5O/c1-12-15(20)6-4-8-16(12)24-18(26)14-10-22-19(23-11-14)25-17-7-3-2-5-13(17)9-21/h2-8,10-11H,1H3,(H,24,26)(H,22,23,25). The number of nitrogens with zero attached hydrogens (tertiary/aromatic N) is 3. The molecule has 2 N–H and O–H groups in total. The Kier molecular flexibility index (Phi) is 5.11. The van der Waals surface area contributed by atoms with Crippen LogP contribution >= 0.6 is 11.6 Å². The summed E-state index contributed by atoms with van der Waals surface area (Å²) >= 11 is 6.06. The molecule has 0 atom stereocenters. The Labute approximate surface area is 155 Å². The second-order valence-electron chi connectivity index (χ2n) is 5.44. The van der Waals surface area contributed by atoms with Crippen molar-refractivity contribution >= 4 is 34.8 Å². The zero-order valence-electron chi connectivity index (χ0n) is 13.8. The molecule has 1 heterocycles. The summed E-state index contributed by atoms with van der Waals surface area (Å²) in [5.41, 5.74) is 2.81. The number of nitrogens with one attached hydrogen (secondary N) is 2. The highest BCUT2D eigenvalue weighted by molar-refractivity contribution is 6.31. The fourth-order valence-electron chi connectivity index (χ4n) is 2.26. The van der Waals surface area contributed by atoms with Gasteiger partial charge in [-0.3, -0.25) is 4.79 Å². The van der Waals surface area contributed by atoms with Gasteiger partial charge in [-0.2, -0.15) is 5.26 Å². The normalized spacial score (nSPS) is 10.0. The van der Waals surface area contributed by atoms with E-state index in [1.165, 1.54) is 12.4 Å². The third-order valence-corrected chi connectivity index (χ3v) is 4.13. The number of nitriles is 1. The summed E-state index contributed by atoms with van der Waals surface area (Å²) in [6, 6.07) is 14.4. The van der Waals surface area contributed by atoms with Crippen LogP contribution in [-0.2, 0) is 0 Å². The molecular weight excluding hydrogens is 350 g/mol. The van der Waals surface area contributed by atoms with E-state index >= 15 is 0 Å². The van der Waals surface area contributed by atoms with Crippen LogP contribution < -0.4 is 10.6 Å². The molecule has 0 spiro atoms. The number of carbonyl (C=O) groups is 1. The largest absolute Gasteiger partial charge is 0.323 e. The number of hydrogen-bond acceptors (Lipinski definition) is 5.